The Morgan fingerprint density at radius 2 is 2.58 bits per heavy atom. The van der Waals surface area contributed by atoms with Crippen LogP contribution < -0.4 is 10.2 Å². The fraction of sp³-hybridized carbons (Fsp3) is 0.600. The molecule has 1 aromatic rings. The van der Waals surface area contributed by atoms with Gasteiger partial charge in [-0.2, -0.15) is 0 Å². The normalized spacial score (nSPS) is 19.2. The lowest BCUT2D eigenvalue weighted by Gasteiger charge is -2.33. The van der Waals surface area contributed by atoms with Crippen LogP contribution in [0.25, 0.3) is 0 Å². The third-order valence-electron chi connectivity index (χ3n) is 2.71. The first-order valence-corrected chi connectivity index (χ1v) is 6.69. The summed E-state index contributed by atoms with van der Waals surface area (Å²) in [5.41, 5.74) is 0. The second kappa shape index (κ2) is 5.93. The molecule has 0 aliphatic carbocycles. The van der Waals surface area contributed by atoms with Crippen molar-refractivity contribution in [3.05, 3.63) is 16.3 Å². The van der Waals surface area contributed by atoms with Crippen molar-refractivity contribution in [2.24, 2.45) is 0 Å². The maximum Gasteiger partial charge on any atom is 0.345 e. The number of carbonyl (C=O) groups excluding carboxylic acids is 1. The number of thiazole rings is 1. The molecule has 0 saturated carbocycles. The highest BCUT2D eigenvalue weighted by atomic mass is 32.1. The molecule has 1 aliphatic heterocycles. The smallest absolute Gasteiger partial charge is 0.345 e. The van der Waals surface area contributed by atoms with Gasteiger partial charge >= 0.3 is 11.0 Å². The van der Waals surface area contributed by atoms with E-state index in [1.165, 1.54) is 6.20 Å². The maximum absolute atomic E-state index is 11.9. The fourth-order valence-corrected chi connectivity index (χ4v) is 2.66. The van der Waals surface area contributed by atoms with E-state index in [2.05, 4.69) is 10.3 Å². The number of nitrogens with one attached hydrogen (secondary N) is 1. The van der Waals surface area contributed by atoms with Gasteiger partial charge in [0.25, 0.3) is 0 Å². The number of hydrogen-bond donors (Lipinski definition) is 1. The lowest BCUT2D eigenvalue weighted by Crippen LogP contribution is -2.55. The van der Waals surface area contributed by atoms with Crippen molar-refractivity contribution in [2.75, 3.05) is 31.1 Å². The Morgan fingerprint density at radius 3 is 3.21 bits per heavy atom. The third kappa shape index (κ3) is 2.99. The predicted octanol–water partition coefficient (Wildman–Crippen LogP) is 0.393. The minimum atomic E-state index is -0.487. The van der Waals surface area contributed by atoms with Gasteiger partial charge in [0.15, 0.2) is 5.13 Å². The van der Waals surface area contributed by atoms with Crippen LogP contribution >= 0.6 is 11.3 Å². The van der Waals surface area contributed by atoms with Crippen LogP contribution in [-0.2, 0) is 9.53 Å². The SMILES string of the molecule is CCOC(=O)C1CNCCN1c1ncc([N+](=O)[O-])s1. The first-order valence-electron chi connectivity index (χ1n) is 5.87. The van der Waals surface area contributed by atoms with Crippen LogP contribution in [0, 0.1) is 10.1 Å². The lowest BCUT2D eigenvalue weighted by molar-refractivity contribution is -0.380. The first kappa shape index (κ1) is 13.7. The molecule has 104 valence electrons. The summed E-state index contributed by atoms with van der Waals surface area (Å²) in [6.07, 6.45) is 1.21. The van der Waals surface area contributed by atoms with Crippen LogP contribution in [0.3, 0.4) is 0 Å². The van der Waals surface area contributed by atoms with Gasteiger partial charge in [0.1, 0.15) is 12.2 Å². The van der Waals surface area contributed by atoms with Crippen LogP contribution in [0.5, 0.6) is 0 Å². The summed E-state index contributed by atoms with van der Waals surface area (Å²) in [5, 5.41) is 14.2. The Hall–Kier alpha value is -1.74. The van der Waals surface area contributed by atoms with Crippen LogP contribution in [0.1, 0.15) is 6.92 Å². The molecule has 1 atom stereocenters. The summed E-state index contributed by atoms with van der Waals surface area (Å²) >= 11 is 0.967. The minimum absolute atomic E-state index is 0.0314. The molecule has 2 heterocycles. The van der Waals surface area contributed by atoms with E-state index in [1.54, 1.807) is 11.8 Å². The number of hydrogen-bond acceptors (Lipinski definition) is 8. The molecule has 1 unspecified atom stereocenters. The van der Waals surface area contributed by atoms with Gasteiger partial charge in [-0.25, -0.2) is 9.78 Å². The zero-order valence-corrected chi connectivity index (χ0v) is 11.2. The summed E-state index contributed by atoms with van der Waals surface area (Å²) in [7, 11) is 0. The molecule has 0 aromatic carbocycles. The van der Waals surface area contributed by atoms with Crippen molar-refractivity contribution in [1.29, 1.82) is 0 Å². The summed E-state index contributed by atoms with van der Waals surface area (Å²) in [4.78, 5) is 27.8. The molecular formula is C10H14N4O4S. The number of aromatic nitrogens is 1. The van der Waals surface area contributed by atoms with Crippen molar-refractivity contribution >= 4 is 27.4 Å². The zero-order valence-electron chi connectivity index (χ0n) is 10.4. The van der Waals surface area contributed by atoms with Crippen molar-refractivity contribution in [3.63, 3.8) is 0 Å². The van der Waals surface area contributed by atoms with E-state index in [9.17, 15) is 14.9 Å². The molecule has 1 N–H and O–H groups in total. The largest absolute Gasteiger partial charge is 0.464 e. The molecule has 0 amide bonds. The van der Waals surface area contributed by atoms with Crippen LogP contribution in [0.4, 0.5) is 10.1 Å². The van der Waals surface area contributed by atoms with Crippen LogP contribution in [-0.4, -0.2) is 48.2 Å². The Kier molecular flexibility index (Phi) is 4.27. The number of nitrogens with zero attached hydrogens (tertiary/aromatic N) is 3. The van der Waals surface area contributed by atoms with Crippen molar-refractivity contribution in [2.45, 2.75) is 13.0 Å². The third-order valence-corrected chi connectivity index (χ3v) is 3.70. The second-order valence-corrected chi connectivity index (χ2v) is 4.89. The Labute approximate surface area is 113 Å². The van der Waals surface area contributed by atoms with Gasteiger partial charge < -0.3 is 15.0 Å². The van der Waals surface area contributed by atoms with E-state index in [0.717, 1.165) is 11.3 Å². The van der Waals surface area contributed by atoms with E-state index >= 15 is 0 Å². The molecule has 1 aliphatic rings. The molecule has 8 nitrogen and oxygen atoms in total. The number of piperazine rings is 1. The highest BCUT2D eigenvalue weighted by Crippen LogP contribution is 2.30. The number of carbonyl (C=O) groups is 1. The van der Waals surface area contributed by atoms with Crippen molar-refractivity contribution in [3.8, 4) is 0 Å². The second-order valence-electron chi connectivity index (χ2n) is 3.90. The van der Waals surface area contributed by atoms with Gasteiger partial charge in [-0.1, -0.05) is 0 Å². The monoisotopic (exact) mass is 286 g/mol. The Balaban J connectivity index is 2.18. The predicted molar refractivity (Wildman–Crippen MR) is 69.4 cm³/mol. The fourth-order valence-electron chi connectivity index (χ4n) is 1.86. The van der Waals surface area contributed by atoms with Gasteiger partial charge in [-0.15, -0.1) is 0 Å². The number of rotatable bonds is 4. The molecule has 19 heavy (non-hydrogen) atoms. The number of esters is 1. The van der Waals surface area contributed by atoms with Crippen molar-refractivity contribution in [1.82, 2.24) is 10.3 Å². The highest BCUT2D eigenvalue weighted by molar-refractivity contribution is 7.18. The van der Waals surface area contributed by atoms with Gasteiger partial charge in [-0.05, 0) is 18.3 Å². The average molecular weight is 286 g/mol. The maximum atomic E-state index is 11.9. The molecule has 9 heteroatoms. The van der Waals surface area contributed by atoms with Gasteiger partial charge in [-0.3, -0.25) is 10.1 Å². The Morgan fingerprint density at radius 1 is 1.79 bits per heavy atom. The minimum Gasteiger partial charge on any atom is -0.464 e. The molecule has 0 radical (unpaired) electrons. The Bertz CT molecular complexity index is 478. The number of anilines is 1. The molecular weight excluding hydrogens is 272 g/mol. The quantitative estimate of drug-likeness (QED) is 0.486. The molecule has 1 saturated heterocycles. The van der Waals surface area contributed by atoms with Crippen molar-refractivity contribution < 1.29 is 14.5 Å². The first-order chi connectivity index (χ1) is 9.13. The highest BCUT2D eigenvalue weighted by Gasteiger charge is 2.32. The lowest BCUT2D eigenvalue weighted by atomic mass is 10.2. The summed E-state index contributed by atoms with van der Waals surface area (Å²) in [6.45, 7) is 3.76. The molecule has 2 rings (SSSR count). The summed E-state index contributed by atoms with van der Waals surface area (Å²) in [6, 6.07) is -0.487. The van der Waals surface area contributed by atoms with Crippen LogP contribution in [0.15, 0.2) is 6.20 Å². The van der Waals surface area contributed by atoms with E-state index in [0.29, 0.717) is 31.4 Å². The zero-order chi connectivity index (χ0) is 13.8. The van der Waals surface area contributed by atoms with E-state index in [4.69, 9.17) is 4.74 Å². The van der Waals surface area contributed by atoms with Gasteiger partial charge in [0.05, 0.1) is 11.5 Å². The molecule has 1 fully saturated rings. The average Bonchev–Trinajstić information content (AvgIpc) is 2.88. The number of nitro groups is 1. The van der Waals surface area contributed by atoms with Gasteiger partial charge in [0, 0.05) is 19.6 Å². The molecule has 1 aromatic heterocycles. The molecule has 0 bridgehead atoms. The standard InChI is InChI=1S/C10H14N4O4S/c1-2-18-9(15)7-5-11-3-4-13(7)10-12-6-8(19-10)14(16)17/h6-7,11H,2-5H2,1H3. The van der Waals surface area contributed by atoms with Gasteiger partial charge in [0.2, 0.25) is 0 Å². The topological polar surface area (TPSA) is 97.6 Å². The summed E-state index contributed by atoms with van der Waals surface area (Å²) < 4.78 is 5.01. The van der Waals surface area contributed by atoms with E-state index < -0.39 is 11.0 Å². The van der Waals surface area contributed by atoms with Crippen LogP contribution in [0.2, 0.25) is 0 Å². The number of ether oxygens (including phenoxy) is 1. The summed E-state index contributed by atoms with van der Waals surface area (Å²) in [5.74, 6) is -0.340. The van der Waals surface area contributed by atoms with E-state index in [1.807, 2.05) is 0 Å². The molecule has 0 spiro atoms. The van der Waals surface area contributed by atoms with E-state index in [-0.39, 0.29) is 11.0 Å².